The highest BCUT2D eigenvalue weighted by Gasteiger charge is 2.65. The third kappa shape index (κ3) is 1.27. The molecule has 3 aliphatic carbocycles. The maximum absolute atomic E-state index is 10.3. The highest BCUT2D eigenvalue weighted by molar-refractivity contribution is 5.13. The van der Waals surface area contributed by atoms with Crippen LogP contribution in [0.5, 0.6) is 0 Å². The van der Waals surface area contributed by atoms with Gasteiger partial charge in [-0.15, -0.1) is 0 Å². The molecule has 3 rings (SSSR count). The first-order valence-electron chi connectivity index (χ1n) is 7.12. The Kier molecular flexibility index (Phi) is 2.25. The van der Waals surface area contributed by atoms with Crippen molar-refractivity contribution in [3.8, 4) is 0 Å². The molecule has 1 nitrogen and oxygen atoms in total. The Balaban J connectivity index is 1.93. The van der Waals surface area contributed by atoms with Crippen LogP contribution in [-0.4, -0.2) is 11.2 Å². The molecular weight excluding hydrogens is 196 g/mol. The number of hydrogen-bond acceptors (Lipinski definition) is 1. The SMILES string of the molecule is C[C@H]1[C@H]2CC[C@@H](C)[C@H]2[C@H]2[C@@H](C[C@H]1O)C2(C)C. The Morgan fingerprint density at radius 2 is 1.81 bits per heavy atom. The second kappa shape index (κ2) is 3.25. The molecule has 1 heteroatoms. The third-order valence-corrected chi connectivity index (χ3v) is 6.44. The van der Waals surface area contributed by atoms with Gasteiger partial charge in [0.1, 0.15) is 0 Å². The van der Waals surface area contributed by atoms with Crippen LogP contribution in [0.4, 0.5) is 0 Å². The quantitative estimate of drug-likeness (QED) is 0.666. The summed E-state index contributed by atoms with van der Waals surface area (Å²) in [7, 11) is 0. The van der Waals surface area contributed by atoms with Gasteiger partial charge in [0.25, 0.3) is 0 Å². The first kappa shape index (κ1) is 11.1. The molecule has 0 heterocycles. The summed E-state index contributed by atoms with van der Waals surface area (Å²) in [6, 6.07) is 0. The monoisotopic (exact) mass is 222 g/mol. The summed E-state index contributed by atoms with van der Waals surface area (Å²) in [5, 5.41) is 10.3. The van der Waals surface area contributed by atoms with Crippen molar-refractivity contribution in [2.24, 2.45) is 40.9 Å². The minimum Gasteiger partial charge on any atom is -0.393 e. The Hall–Kier alpha value is -0.0400. The number of hydrogen-bond donors (Lipinski definition) is 1. The lowest BCUT2D eigenvalue weighted by Gasteiger charge is -2.30. The molecule has 0 bridgehead atoms. The molecule has 0 saturated heterocycles. The second-order valence-electron chi connectivity index (χ2n) is 7.41. The molecule has 0 aromatic rings. The Labute approximate surface area is 99.6 Å². The van der Waals surface area contributed by atoms with E-state index in [-0.39, 0.29) is 6.10 Å². The van der Waals surface area contributed by atoms with Gasteiger partial charge in [-0.1, -0.05) is 34.1 Å². The molecule has 0 aliphatic heterocycles. The van der Waals surface area contributed by atoms with Crippen LogP contribution in [0, 0.1) is 40.9 Å². The van der Waals surface area contributed by atoms with Gasteiger partial charge in [0.05, 0.1) is 6.10 Å². The lowest BCUT2D eigenvalue weighted by molar-refractivity contribution is 0.0587. The zero-order valence-corrected chi connectivity index (χ0v) is 11.1. The smallest absolute Gasteiger partial charge is 0.0571 e. The number of rotatable bonds is 0. The molecule has 3 fully saturated rings. The molecule has 0 aromatic heterocycles. The van der Waals surface area contributed by atoms with Gasteiger partial charge >= 0.3 is 0 Å². The normalized spacial score (nSPS) is 58.7. The molecule has 0 radical (unpaired) electrons. The molecule has 0 spiro atoms. The first-order valence-corrected chi connectivity index (χ1v) is 7.12. The minimum absolute atomic E-state index is 0.0328. The van der Waals surface area contributed by atoms with E-state index in [4.69, 9.17) is 0 Å². The van der Waals surface area contributed by atoms with Crippen LogP contribution in [0.1, 0.15) is 47.0 Å². The topological polar surface area (TPSA) is 20.2 Å². The van der Waals surface area contributed by atoms with Gasteiger partial charge in [0.15, 0.2) is 0 Å². The summed E-state index contributed by atoms with van der Waals surface area (Å²) in [6.07, 6.45) is 3.79. The van der Waals surface area contributed by atoms with Crippen LogP contribution < -0.4 is 0 Å². The summed E-state index contributed by atoms with van der Waals surface area (Å²) in [4.78, 5) is 0. The standard InChI is InChI=1S/C15H26O/c1-8-5-6-10-9(2)12(16)7-11-14(13(8)10)15(11,3)4/h8-14,16H,5-7H2,1-4H3/t8-,9+,10-,11-,12-,13-,14-/m1/s1. The van der Waals surface area contributed by atoms with E-state index >= 15 is 0 Å². The molecule has 1 N–H and O–H groups in total. The predicted octanol–water partition coefficient (Wildman–Crippen LogP) is 3.32. The Morgan fingerprint density at radius 1 is 1.12 bits per heavy atom. The molecule has 16 heavy (non-hydrogen) atoms. The Bertz CT molecular complexity index is 294. The van der Waals surface area contributed by atoms with Crippen LogP contribution in [0.2, 0.25) is 0 Å². The van der Waals surface area contributed by atoms with Crippen molar-refractivity contribution in [2.75, 3.05) is 0 Å². The van der Waals surface area contributed by atoms with E-state index < -0.39 is 0 Å². The molecule has 0 aromatic carbocycles. The van der Waals surface area contributed by atoms with E-state index in [1.54, 1.807) is 0 Å². The lowest BCUT2D eigenvalue weighted by atomic mass is 9.76. The van der Waals surface area contributed by atoms with E-state index in [2.05, 4.69) is 27.7 Å². The molecule has 0 amide bonds. The van der Waals surface area contributed by atoms with Crippen molar-refractivity contribution in [1.29, 1.82) is 0 Å². The van der Waals surface area contributed by atoms with Crippen LogP contribution >= 0.6 is 0 Å². The third-order valence-electron chi connectivity index (χ3n) is 6.44. The maximum atomic E-state index is 10.3. The zero-order valence-electron chi connectivity index (χ0n) is 11.1. The Morgan fingerprint density at radius 3 is 2.50 bits per heavy atom. The summed E-state index contributed by atoms with van der Waals surface area (Å²) in [5.74, 6) is 4.87. The zero-order chi connectivity index (χ0) is 11.7. The minimum atomic E-state index is -0.0328. The summed E-state index contributed by atoms with van der Waals surface area (Å²) in [5.41, 5.74) is 0.517. The van der Waals surface area contributed by atoms with Crippen molar-refractivity contribution < 1.29 is 5.11 Å². The van der Waals surface area contributed by atoms with Crippen molar-refractivity contribution >= 4 is 0 Å². The molecule has 3 saturated carbocycles. The average Bonchev–Trinajstić information content (AvgIpc) is 2.58. The predicted molar refractivity (Wildman–Crippen MR) is 65.9 cm³/mol. The van der Waals surface area contributed by atoms with Crippen molar-refractivity contribution in [1.82, 2.24) is 0 Å². The van der Waals surface area contributed by atoms with Gasteiger partial charge in [-0.05, 0) is 53.8 Å². The van der Waals surface area contributed by atoms with Crippen molar-refractivity contribution in [3.63, 3.8) is 0 Å². The van der Waals surface area contributed by atoms with Crippen LogP contribution in [0.3, 0.4) is 0 Å². The molecular formula is C15H26O. The van der Waals surface area contributed by atoms with Gasteiger partial charge in [0, 0.05) is 0 Å². The van der Waals surface area contributed by atoms with Gasteiger partial charge in [0.2, 0.25) is 0 Å². The fraction of sp³-hybridized carbons (Fsp3) is 1.00. The number of fused-ring (bicyclic) bond motifs is 3. The van der Waals surface area contributed by atoms with Gasteiger partial charge in [-0.25, -0.2) is 0 Å². The number of aliphatic hydroxyl groups excluding tert-OH is 1. The lowest BCUT2D eigenvalue weighted by Crippen LogP contribution is -2.29. The van der Waals surface area contributed by atoms with Crippen LogP contribution in [0.15, 0.2) is 0 Å². The highest BCUT2D eigenvalue weighted by atomic mass is 16.3. The van der Waals surface area contributed by atoms with E-state index in [9.17, 15) is 5.11 Å². The molecule has 7 atom stereocenters. The van der Waals surface area contributed by atoms with Gasteiger partial charge in [-0.2, -0.15) is 0 Å². The second-order valence-corrected chi connectivity index (χ2v) is 7.41. The van der Waals surface area contributed by atoms with Crippen LogP contribution in [0.25, 0.3) is 0 Å². The largest absolute Gasteiger partial charge is 0.393 e. The van der Waals surface area contributed by atoms with Crippen molar-refractivity contribution in [2.45, 2.75) is 53.1 Å². The van der Waals surface area contributed by atoms with E-state index in [0.717, 1.165) is 36.0 Å². The molecule has 92 valence electrons. The fourth-order valence-electron chi connectivity index (χ4n) is 5.26. The van der Waals surface area contributed by atoms with Gasteiger partial charge < -0.3 is 5.11 Å². The van der Waals surface area contributed by atoms with E-state index in [1.807, 2.05) is 0 Å². The number of aliphatic hydroxyl groups is 1. The van der Waals surface area contributed by atoms with E-state index in [1.165, 1.54) is 12.8 Å². The van der Waals surface area contributed by atoms with E-state index in [0.29, 0.717) is 11.3 Å². The first-order chi connectivity index (χ1) is 7.44. The molecule has 3 aliphatic rings. The summed E-state index contributed by atoms with van der Waals surface area (Å²) >= 11 is 0. The average molecular weight is 222 g/mol. The van der Waals surface area contributed by atoms with Gasteiger partial charge in [-0.3, -0.25) is 0 Å². The van der Waals surface area contributed by atoms with Crippen molar-refractivity contribution in [3.05, 3.63) is 0 Å². The summed E-state index contributed by atoms with van der Waals surface area (Å²) in [6.45, 7) is 9.58. The fourth-order valence-corrected chi connectivity index (χ4v) is 5.26. The highest BCUT2D eigenvalue weighted by Crippen LogP contribution is 2.70. The maximum Gasteiger partial charge on any atom is 0.0571 e. The summed E-state index contributed by atoms with van der Waals surface area (Å²) < 4.78 is 0. The van der Waals surface area contributed by atoms with Crippen LogP contribution in [-0.2, 0) is 0 Å². The molecule has 0 unspecified atom stereocenters.